The molecule has 2 aliphatic heterocycles. The Morgan fingerprint density at radius 1 is 1.29 bits per heavy atom. The Labute approximate surface area is 81.4 Å². The van der Waals surface area contributed by atoms with Crippen LogP contribution in [0.3, 0.4) is 0 Å². The molecule has 2 aliphatic rings. The third-order valence-electron chi connectivity index (χ3n) is 2.84. The molecule has 2 saturated heterocycles. The molecule has 0 saturated carbocycles. The van der Waals surface area contributed by atoms with Crippen LogP contribution >= 0.6 is 0 Å². The number of rotatable bonds is 1. The summed E-state index contributed by atoms with van der Waals surface area (Å²) in [5, 5.41) is 3.14. The van der Waals surface area contributed by atoms with E-state index in [2.05, 4.69) is 5.32 Å². The Balaban J connectivity index is 1.84. The van der Waals surface area contributed by atoms with Crippen molar-refractivity contribution in [3.8, 4) is 0 Å². The highest BCUT2D eigenvalue weighted by Crippen LogP contribution is 2.29. The number of amides is 1. The van der Waals surface area contributed by atoms with Crippen molar-refractivity contribution in [3.63, 3.8) is 0 Å². The number of likely N-dealkylation sites (tertiary alicyclic amines) is 1. The fourth-order valence-corrected chi connectivity index (χ4v) is 2.00. The highest BCUT2D eigenvalue weighted by molar-refractivity contribution is 5.80. The number of hydrogen-bond donors (Lipinski definition) is 1. The number of hydrogen-bond acceptors (Lipinski definition) is 2. The summed E-state index contributed by atoms with van der Waals surface area (Å²) in [6.45, 7) is 0.882. The lowest BCUT2D eigenvalue weighted by molar-refractivity contribution is -0.170. The van der Waals surface area contributed by atoms with Gasteiger partial charge in [-0.25, -0.2) is 8.78 Å². The normalized spacial score (nSPS) is 27.1. The van der Waals surface area contributed by atoms with Gasteiger partial charge in [0, 0.05) is 5.92 Å². The number of nitrogens with one attached hydrogen (secondary N) is 1. The zero-order valence-corrected chi connectivity index (χ0v) is 7.93. The quantitative estimate of drug-likeness (QED) is 0.673. The average molecular weight is 204 g/mol. The van der Waals surface area contributed by atoms with Crippen molar-refractivity contribution < 1.29 is 13.6 Å². The number of piperidine rings is 1. The van der Waals surface area contributed by atoms with E-state index in [-0.39, 0.29) is 24.9 Å². The molecule has 2 heterocycles. The molecule has 0 aromatic rings. The van der Waals surface area contributed by atoms with E-state index in [9.17, 15) is 13.6 Å². The molecule has 3 nitrogen and oxygen atoms in total. The highest BCUT2D eigenvalue weighted by atomic mass is 19.3. The van der Waals surface area contributed by atoms with Crippen LogP contribution in [-0.2, 0) is 4.79 Å². The Morgan fingerprint density at radius 3 is 2.36 bits per heavy atom. The minimum absolute atomic E-state index is 0.0349. The number of carbonyl (C=O) groups excluding carboxylic acids is 1. The predicted molar refractivity (Wildman–Crippen MR) is 47.1 cm³/mol. The summed E-state index contributed by atoms with van der Waals surface area (Å²) in [6.07, 6.45) is 1.56. The average Bonchev–Trinajstić information content (AvgIpc) is 2.14. The highest BCUT2D eigenvalue weighted by Gasteiger charge is 2.47. The summed E-state index contributed by atoms with van der Waals surface area (Å²) in [4.78, 5) is 12.9. The van der Waals surface area contributed by atoms with Gasteiger partial charge in [0.1, 0.15) is 0 Å². The Morgan fingerprint density at radius 2 is 1.86 bits per heavy atom. The lowest BCUT2D eigenvalue weighted by Crippen LogP contribution is -2.60. The van der Waals surface area contributed by atoms with Gasteiger partial charge in [-0.05, 0) is 25.9 Å². The van der Waals surface area contributed by atoms with Gasteiger partial charge in [0.05, 0.1) is 13.1 Å². The summed E-state index contributed by atoms with van der Waals surface area (Å²) in [5.41, 5.74) is 0. The first-order valence-corrected chi connectivity index (χ1v) is 4.96. The van der Waals surface area contributed by atoms with Gasteiger partial charge < -0.3 is 10.2 Å². The molecular weight excluding hydrogens is 190 g/mol. The van der Waals surface area contributed by atoms with E-state index in [0.717, 1.165) is 25.9 Å². The van der Waals surface area contributed by atoms with Crippen LogP contribution in [0.2, 0.25) is 0 Å². The van der Waals surface area contributed by atoms with Gasteiger partial charge in [0.2, 0.25) is 5.91 Å². The second kappa shape index (κ2) is 3.46. The van der Waals surface area contributed by atoms with E-state index in [1.807, 2.05) is 0 Å². The number of carbonyl (C=O) groups is 1. The van der Waals surface area contributed by atoms with Crippen LogP contribution in [0.4, 0.5) is 8.78 Å². The minimum Gasteiger partial charge on any atom is -0.330 e. The second-order valence-electron chi connectivity index (χ2n) is 4.07. The van der Waals surface area contributed by atoms with Crippen LogP contribution in [0.25, 0.3) is 0 Å². The van der Waals surface area contributed by atoms with Crippen molar-refractivity contribution in [2.24, 2.45) is 5.92 Å². The van der Waals surface area contributed by atoms with E-state index in [0.29, 0.717) is 0 Å². The number of alkyl halides is 2. The zero-order valence-electron chi connectivity index (χ0n) is 7.93. The first-order valence-electron chi connectivity index (χ1n) is 4.96. The monoisotopic (exact) mass is 204 g/mol. The molecule has 0 aromatic carbocycles. The van der Waals surface area contributed by atoms with Crippen molar-refractivity contribution >= 4 is 5.91 Å². The molecule has 0 aliphatic carbocycles. The maximum absolute atomic E-state index is 12.5. The van der Waals surface area contributed by atoms with Crippen molar-refractivity contribution in [3.05, 3.63) is 0 Å². The molecule has 2 rings (SSSR count). The first kappa shape index (κ1) is 9.83. The van der Waals surface area contributed by atoms with Crippen molar-refractivity contribution in [1.82, 2.24) is 10.2 Å². The zero-order chi connectivity index (χ0) is 10.2. The third kappa shape index (κ3) is 1.87. The maximum atomic E-state index is 12.5. The third-order valence-corrected chi connectivity index (χ3v) is 2.84. The van der Waals surface area contributed by atoms with Gasteiger partial charge in [0.25, 0.3) is 5.92 Å². The molecule has 2 fully saturated rings. The molecule has 0 spiro atoms. The van der Waals surface area contributed by atoms with Gasteiger partial charge in [0.15, 0.2) is 0 Å². The van der Waals surface area contributed by atoms with Gasteiger partial charge in [-0.15, -0.1) is 0 Å². The van der Waals surface area contributed by atoms with E-state index >= 15 is 0 Å². The summed E-state index contributed by atoms with van der Waals surface area (Å²) in [5.74, 6) is -2.76. The molecule has 0 radical (unpaired) electrons. The van der Waals surface area contributed by atoms with Gasteiger partial charge in [-0.1, -0.05) is 0 Å². The fraction of sp³-hybridized carbons (Fsp3) is 0.889. The lowest BCUT2D eigenvalue weighted by Gasteiger charge is -2.41. The second-order valence-corrected chi connectivity index (χ2v) is 4.07. The number of halogens is 2. The smallest absolute Gasteiger partial charge is 0.282 e. The standard InChI is InChI=1S/C9H14F2N2O/c10-9(11)5-13(6-9)8(14)7-1-3-12-4-2-7/h7,12H,1-6H2. The van der Waals surface area contributed by atoms with Crippen LogP contribution < -0.4 is 5.32 Å². The molecule has 80 valence electrons. The lowest BCUT2D eigenvalue weighted by atomic mass is 9.95. The first-order chi connectivity index (χ1) is 6.58. The van der Waals surface area contributed by atoms with Gasteiger partial charge >= 0.3 is 0 Å². The van der Waals surface area contributed by atoms with Crippen molar-refractivity contribution in [2.45, 2.75) is 18.8 Å². The van der Waals surface area contributed by atoms with Crippen LogP contribution in [0, 0.1) is 5.92 Å². The number of nitrogens with zero attached hydrogens (tertiary/aromatic N) is 1. The molecule has 5 heteroatoms. The Kier molecular flexibility index (Phi) is 2.43. The Bertz CT molecular complexity index is 231. The molecule has 1 N–H and O–H groups in total. The van der Waals surface area contributed by atoms with Crippen molar-refractivity contribution in [2.75, 3.05) is 26.2 Å². The van der Waals surface area contributed by atoms with E-state index in [1.165, 1.54) is 4.90 Å². The topological polar surface area (TPSA) is 32.3 Å². The maximum Gasteiger partial charge on any atom is 0.282 e. The van der Waals surface area contributed by atoms with Crippen LogP contribution in [0.5, 0.6) is 0 Å². The molecular formula is C9H14F2N2O. The van der Waals surface area contributed by atoms with Crippen LogP contribution in [-0.4, -0.2) is 42.9 Å². The summed E-state index contributed by atoms with van der Waals surface area (Å²) in [7, 11) is 0. The van der Waals surface area contributed by atoms with Crippen LogP contribution in [0.15, 0.2) is 0 Å². The molecule has 0 atom stereocenters. The SMILES string of the molecule is O=C(C1CCNCC1)N1CC(F)(F)C1. The summed E-state index contributed by atoms with van der Waals surface area (Å²) >= 11 is 0. The minimum atomic E-state index is -2.64. The summed E-state index contributed by atoms with van der Waals surface area (Å²) < 4.78 is 25.0. The largest absolute Gasteiger partial charge is 0.330 e. The van der Waals surface area contributed by atoms with Gasteiger partial charge in [-0.3, -0.25) is 4.79 Å². The van der Waals surface area contributed by atoms with Crippen molar-refractivity contribution in [1.29, 1.82) is 0 Å². The van der Waals surface area contributed by atoms with E-state index in [4.69, 9.17) is 0 Å². The molecule has 1 amide bonds. The van der Waals surface area contributed by atoms with E-state index < -0.39 is 5.92 Å². The molecule has 0 aromatic heterocycles. The van der Waals surface area contributed by atoms with Crippen LogP contribution in [0.1, 0.15) is 12.8 Å². The molecule has 14 heavy (non-hydrogen) atoms. The molecule has 0 unspecified atom stereocenters. The fourth-order valence-electron chi connectivity index (χ4n) is 2.00. The summed E-state index contributed by atoms with van der Waals surface area (Å²) in [6, 6.07) is 0. The molecule has 0 bridgehead atoms. The van der Waals surface area contributed by atoms with Gasteiger partial charge in [-0.2, -0.15) is 0 Å². The van der Waals surface area contributed by atoms with E-state index in [1.54, 1.807) is 0 Å². The predicted octanol–water partition coefficient (Wildman–Crippen LogP) is 0.463. The Hall–Kier alpha value is -0.710.